The molecule has 1 unspecified atom stereocenters. The molecule has 0 amide bonds. The van der Waals surface area contributed by atoms with Gasteiger partial charge in [0.05, 0.1) is 17.6 Å². The molecule has 0 saturated heterocycles. The quantitative estimate of drug-likeness (QED) is 0.181. The molecule has 178 valence electrons. The van der Waals surface area contributed by atoms with Gasteiger partial charge in [-0.15, -0.1) is 0 Å². The van der Waals surface area contributed by atoms with Crippen molar-refractivity contribution in [1.82, 2.24) is 0 Å². The second-order valence-electron chi connectivity index (χ2n) is 10.1. The van der Waals surface area contributed by atoms with Crippen molar-refractivity contribution in [1.29, 1.82) is 0 Å². The Morgan fingerprint density at radius 1 is 1.00 bits per heavy atom. The summed E-state index contributed by atoms with van der Waals surface area (Å²) in [4.78, 5) is 0.322. The fraction of sp³-hybridized carbons (Fsp3) is 0.520. The summed E-state index contributed by atoms with van der Waals surface area (Å²) >= 11 is 3.80. The van der Waals surface area contributed by atoms with Crippen LogP contribution in [0.15, 0.2) is 59.5 Å². The number of rotatable bonds is 10. The molecule has 7 heteroatoms. The lowest BCUT2D eigenvalue weighted by atomic mass is 9.96. The normalized spacial score (nSPS) is 15.9. The van der Waals surface area contributed by atoms with E-state index in [1.54, 1.807) is 24.3 Å². The van der Waals surface area contributed by atoms with Crippen molar-refractivity contribution in [3.8, 4) is 0 Å². The predicted octanol–water partition coefficient (Wildman–Crippen LogP) is 7.25. The Hall–Kier alpha value is -0.993. The number of hydrogen-bond acceptors (Lipinski definition) is 4. The molecule has 0 N–H and O–H groups in total. The highest BCUT2D eigenvalue weighted by Gasteiger charge is 2.41. The van der Waals surface area contributed by atoms with Crippen LogP contribution >= 0.6 is 15.9 Å². The van der Waals surface area contributed by atoms with Crippen LogP contribution in [0, 0.1) is 12.8 Å². The van der Waals surface area contributed by atoms with E-state index in [-0.39, 0.29) is 33.4 Å². The first kappa shape index (κ1) is 27.3. The highest BCUT2D eigenvalue weighted by Crippen LogP contribution is 2.40. The number of halogens is 1. The zero-order valence-corrected chi connectivity index (χ0v) is 23.7. The predicted molar refractivity (Wildman–Crippen MR) is 138 cm³/mol. The van der Waals surface area contributed by atoms with Crippen LogP contribution in [0.2, 0.25) is 18.1 Å². The van der Waals surface area contributed by atoms with Crippen molar-refractivity contribution < 1.29 is 17.0 Å². The second-order valence-corrected chi connectivity index (χ2v) is 17.5. The van der Waals surface area contributed by atoms with Crippen molar-refractivity contribution >= 4 is 34.4 Å². The van der Waals surface area contributed by atoms with Gasteiger partial charge in [-0.3, -0.25) is 4.18 Å². The highest BCUT2D eigenvalue weighted by molar-refractivity contribution is 9.09. The fourth-order valence-electron chi connectivity index (χ4n) is 3.08. The first-order valence-electron chi connectivity index (χ1n) is 11.1. The summed E-state index contributed by atoms with van der Waals surface area (Å²) in [6.07, 6.45) is 0.469. The van der Waals surface area contributed by atoms with E-state index in [0.717, 1.165) is 12.0 Å². The summed E-state index contributed by atoms with van der Waals surface area (Å²) < 4.78 is 37.8. The van der Waals surface area contributed by atoms with Crippen LogP contribution in [0.4, 0.5) is 0 Å². The zero-order valence-electron chi connectivity index (χ0n) is 20.3. The SMILES string of the molecule is Cc1ccc(S(=O)(=O)OC[C@H](O[Si](C)(C)C(C)(C)C)C(C)C[C@H](Br)c2ccccc2)cc1. The van der Waals surface area contributed by atoms with Crippen LogP contribution in [0.25, 0.3) is 0 Å². The Kier molecular flexibility index (Phi) is 9.33. The van der Waals surface area contributed by atoms with Crippen molar-refractivity contribution in [2.45, 2.75) is 75.0 Å². The van der Waals surface area contributed by atoms with E-state index < -0.39 is 18.4 Å². The van der Waals surface area contributed by atoms with Gasteiger partial charge in [0.1, 0.15) is 0 Å². The monoisotopic (exact) mass is 540 g/mol. The largest absolute Gasteiger partial charge is 0.411 e. The Bertz CT molecular complexity index is 954. The minimum absolute atomic E-state index is 0.00159. The van der Waals surface area contributed by atoms with E-state index in [2.05, 4.69) is 68.9 Å². The average molecular weight is 542 g/mol. The van der Waals surface area contributed by atoms with Crippen LogP contribution in [0.5, 0.6) is 0 Å². The van der Waals surface area contributed by atoms with E-state index in [0.29, 0.717) is 0 Å². The van der Waals surface area contributed by atoms with Gasteiger partial charge in [0.2, 0.25) is 0 Å². The molecular weight excluding hydrogens is 504 g/mol. The minimum Gasteiger partial charge on any atom is -0.411 e. The second kappa shape index (κ2) is 11.0. The fourth-order valence-corrected chi connectivity index (χ4v) is 6.30. The van der Waals surface area contributed by atoms with Crippen molar-refractivity contribution in [3.63, 3.8) is 0 Å². The van der Waals surface area contributed by atoms with Crippen LogP contribution < -0.4 is 0 Å². The topological polar surface area (TPSA) is 52.6 Å². The number of benzene rings is 2. The molecule has 4 nitrogen and oxygen atoms in total. The van der Waals surface area contributed by atoms with E-state index in [9.17, 15) is 8.42 Å². The summed E-state index contributed by atoms with van der Waals surface area (Å²) in [7, 11) is -5.99. The Labute approximate surface area is 204 Å². The number of aryl methyl sites for hydroxylation is 1. The van der Waals surface area contributed by atoms with E-state index in [1.807, 2.05) is 25.1 Å². The van der Waals surface area contributed by atoms with Gasteiger partial charge in [-0.2, -0.15) is 8.42 Å². The van der Waals surface area contributed by atoms with Gasteiger partial charge >= 0.3 is 0 Å². The van der Waals surface area contributed by atoms with E-state index in [1.165, 1.54) is 5.56 Å². The minimum atomic E-state index is -3.85. The van der Waals surface area contributed by atoms with Crippen LogP contribution in [0.1, 0.15) is 50.1 Å². The van der Waals surface area contributed by atoms with Crippen molar-refractivity contribution in [2.24, 2.45) is 5.92 Å². The molecule has 0 aliphatic carbocycles. The first-order valence-corrected chi connectivity index (χ1v) is 16.3. The highest BCUT2D eigenvalue weighted by atomic mass is 79.9. The molecule has 0 saturated carbocycles. The third-order valence-corrected chi connectivity index (χ3v) is 13.0. The van der Waals surface area contributed by atoms with Crippen LogP contribution in [-0.4, -0.2) is 29.4 Å². The zero-order chi connectivity index (χ0) is 24.2. The molecule has 32 heavy (non-hydrogen) atoms. The average Bonchev–Trinajstić information content (AvgIpc) is 2.71. The standard InChI is InChI=1S/C25H37BrO4SSi/c1-19-13-15-22(16-14-19)31(27,28)29-18-24(30-32(6,7)25(3,4)5)20(2)17-23(26)21-11-9-8-10-12-21/h8-16,20,23-24H,17-18H2,1-7H3/t20?,23-,24-/m0/s1. The molecular formula is C25H37BrO4SSi. The maximum absolute atomic E-state index is 12.8. The molecule has 0 aromatic heterocycles. The Balaban J connectivity index is 2.20. The summed E-state index contributed by atoms with van der Waals surface area (Å²) in [5.41, 5.74) is 2.19. The molecule has 3 atom stereocenters. The molecule has 0 heterocycles. The molecule has 0 fully saturated rings. The van der Waals surface area contributed by atoms with E-state index in [4.69, 9.17) is 8.61 Å². The summed E-state index contributed by atoms with van der Waals surface area (Å²) in [6, 6.07) is 16.9. The number of alkyl halides is 1. The molecule has 0 spiro atoms. The van der Waals surface area contributed by atoms with Gasteiger partial charge in [-0.25, -0.2) is 0 Å². The lowest BCUT2D eigenvalue weighted by Gasteiger charge is -2.41. The third kappa shape index (κ3) is 7.52. The lowest BCUT2D eigenvalue weighted by molar-refractivity contribution is 0.0715. The van der Waals surface area contributed by atoms with Gasteiger partial charge in [0.15, 0.2) is 8.32 Å². The summed E-state index contributed by atoms with van der Waals surface area (Å²) in [5, 5.41) is 0.00797. The van der Waals surface area contributed by atoms with Crippen LogP contribution in [-0.2, 0) is 18.7 Å². The molecule has 0 aliphatic rings. The van der Waals surface area contributed by atoms with Gasteiger partial charge in [-0.1, -0.05) is 91.7 Å². The molecule has 2 aromatic carbocycles. The molecule has 0 radical (unpaired) electrons. The Morgan fingerprint density at radius 2 is 1.56 bits per heavy atom. The lowest BCUT2D eigenvalue weighted by Crippen LogP contribution is -2.47. The summed E-state index contributed by atoms with van der Waals surface area (Å²) in [5.74, 6) is 0.0851. The molecule has 2 aromatic rings. The Morgan fingerprint density at radius 3 is 2.09 bits per heavy atom. The molecule has 0 aliphatic heterocycles. The van der Waals surface area contributed by atoms with E-state index >= 15 is 0 Å². The maximum atomic E-state index is 12.8. The third-order valence-electron chi connectivity index (χ3n) is 6.32. The smallest absolute Gasteiger partial charge is 0.297 e. The van der Waals surface area contributed by atoms with Crippen LogP contribution in [0.3, 0.4) is 0 Å². The van der Waals surface area contributed by atoms with Gasteiger partial charge in [0.25, 0.3) is 10.1 Å². The maximum Gasteiger partial charge on any atom is 0.297 e. The first-order chi connectivity index (χ1) is 14.7. The molecule has 0 bridgehead atoms. The van der Waals surface area contributed by atoms with Gasteiger partial charge in [0, 0.05) is 4.83 Å². The molecule has 2 rings (SSSR count). The van der Waals surface area contributed by atoms with Crippen molar-refractivity contribution in [2.75, 3.05) is 6.61 Å². The van der Waals surface area contributed by atoms with Gasteiger partial charge in [-0.05, 0) is 55.1 Å². The number of hydrogen-bond donors (Lipinski definition) is 0. The van der Waals surface area contributed by atoms with Gasteiger partial charge < -0.3 is 4.43 Å². The summed E-state index contributed by atoms with van der Waals surface area (Å²) in [6.45, 7) is 14.9. The van der Waals surface area contributed by atoms with Crippen molar-refractivity contribution in [3.05, 3.63) is 65.7 Å².